The molecule has 2 aromatic heterocycles. The first kappa shape index (κ1) is 15.7. The van der Waals surface area contributed by atoms with Gasteiger partial charge in [-0.2, -0.15) is 4.98 Å². The van der Waals surface area contributed by atoms with Gasteiger partial charge in [0.15, 0.2) is 0 Å². The van der Waals surface area contributed by atoms with Crippen molar-refractivity contribution in [3.8, 4) is 11.8 Å². The van der Waals surface area contributed by atoms with E-state index in [-0.39, 0.29) is 10.8 Å². The number of aromatic nitrogens is 3. The van der Waals surface area contributed by atoms with Gasteiger partial charge in [0.2, 0.25) is 21.9 Å². The van der Waals surface area contributed by atoms with E-state index in [0.29, 0.717) is 21.8 Å². The van der Waals surface area contributed by atoms with Crippen molar-refractivity contribution in [1.29, 1.82) is 0 Å². The van der Waals surface area contributed by atoms with Crippen LogP contribution in [0.2, 0.25) is 5.02 Å². The lowest BCUT2D eigenvalue weighted by Gasteiger charge is -2.07. The minimum Gasteiger partial charge on any atom is -0.481 e. The number of sulfonamides is 1. The summed E-state index contributed by atoms with van der Waals surface area (Å²) in [4.78, 5) is 8.49. The number of primary sulfonamides is 1. The summed E-state index contributed by atoms with van der Waals surface area (Å²) in [6, 6.07) is 4.82. The molecule has 3 rings (SSSR count). The third-order valence-electron chi connectivity index (χ3n) is 3.36. The van der Waals surface area contributed by atoms with Gasteiger partial charge in [0.1, 0.15) is 4.90 Å². The Balaban J connectivity index is 2.36. The fourth-order valence-electron chi connectivity index (χ4n) is 2.30. The second-order valence-electron chi connectivity index (χ2n) is 4.93. The van der Waals surface area contributed by atoms with Crippen LogP contribution in [-0.2, 0) is 10.0 Å². The minimum absolute atomic E-state index is 0.0210. The van der Waals surface area contributed by atoms with Crippen molar-refractivity contribution in [3.05, 3.63) is 41.2 Å². The summed E-state index contributed by atoms with van der Waals surface area (Å²) in [5.74, 6) is 0.658. The number of aryl methyl sites for hydroxylation is 1. The van der Waals surface area contributed by atoms with Crippen LogP contribution in [0.15, 0.2) is 35.5 Å². The second-order valence-corrected chi connectivity index (χ2v) is 6.90. The van der Waals surface area contributed by atoms with E-state index in [9.17, 15) is 8.42 Å². The van der Waals surface area contributed by atoms with Crippen molar-refractivity contribution in [2.75, 3.05) is 7.11 Å². The Kier molecular flexibility index (Phi) is 3.75. The highest BCUT2D eigenvalue weighted by atomic mass is 35.5. The first-order valence-electron chi connectivity index (χ1n) is 6.52. The maximum Gasteiger partial charge on any atom is 0.240 e. The summed E-state index contributed by atoms with van der Waals surface area (Å²) in [6.07, 6.45) is 2.97. The number of ether oxygens (including phenoxy) is 1. The third-order valence-corrected chi connectivity index (χ3v) is 4.53. The third kappa shape index (κ3) is 2.76. The molecule has 0 aliphatic rings. The van der Waals surface area contributed by atoms with E-state index in [2.05, 4.69) is 9.97 Å². The van der Waals surface area contributed by atoms with Crippen molar-refractivity contribution in [2.24, 2.45) is 5.14 Å². The molecule has 0 fully saturated rings. The number of hydrogen-bond donors (Lipinski definition) is 1. The van der Waals surface area contributed by atoms with Gasteiger partial charge in [-0.1, -0.05) is 11.6 Å². The molecule has 120 valence electrons. The summed E-state index contributed by atoms with van der Waals surface area (Å²) in [5, 5.41) is 6.19. The first-order chi connectivity index (χ1) is 10.8. The molecule has 0 bridgehead atoms. The Morgan fingerprint density at radius 1 is 1.35 bits per heavy atom. The molecule has 0 unspecified atom stereocenters. The van der Waals surface area contributed by atoms with E-state index in [4.69, 9.17) is 21.5 Å². The van der Waals surface area contributed by atoms with Gasteiger partial charge in [0.05, 0.1) is 12.6 Å². The van der Waals surface area contributed by atoms with Gasteiger partial charge in [-0.15, -0.1) is 0 Å². The average Bonchev–Trinajstić information content (AvgIpc) is 2.86. The molecule has 0 amide bonds. The maximum atomic E-state index is 11.8. The molecule has 0 aliphatic carbocycles. The average molecular weight is 353 g/mol. The maximum absolute atomic E-state index is 11.8. The van der Waals surface area contributed by atoms with E-state index < -0.39 is 10.0 Å². The molecule has 7 nitrogen and oxygen atoms in total. The van der Waals surface area contributed by atoms with Gasteiger partial charge in [0, 0.05) is 28.4 Å². The van der Waals surface area contributed by atoms with Gasteiger partial charge < -0.3 is 4.74 Å². The Bertz CT molecular complexity index is 1010. The molecule has 2 N–H and O–H groups in total. The van der Waals surface area contributed by atoms with Crippen LogP contribution in [0.4, 0.5) is 0 Å². The van der Waals surface area contributed by atoms with Crippen LogP contribution in [0.1, 0.15) is 5.56 Å². The number of methoxy groups -OCH3 is 1. The lowest BCUT2D eigenvalue weighted by Crippen LogP contribution is -2.11. The summed E-state index contributed by atoms with van der Waals surface area (Å²) >= 11 is 6.03. The van der Waals surface area contributed by atoms with Crippen LogP contribution in [-0.4, -0.2) is 30.1 Å². The molecule has 0 aliphatic heterocycles. The number of nitrogens with zero attached hydrogens (tertiary/aromatic N) is 3. The van der Waals surface area contributed by atoms with Gasteiger partial charge in [0.25, 0.3) is 0 Å². The molecule has 2 heterocycles. The molecular formula is C14H13ClN4O3S. The number of rotatable bonds is 3. The molecule has 0 radical (unpaired) electrons. The monoisotopic (exact) mass is 352 g/mol. The number of benzene rings is 1. The Hall–Kier alpha value is -2.16. The Morgan fingerprint density at radius 3 is 2.74 bits per heavy atom. The van der Waals surface area contributed by atoms with Gasteiger partial charge in [-0.05, 0) is 25.1 Å². The predicted octanol–water partition coefficient (Wildman–Crippen LogP) is 2.04. The summed E-state index contributed by atoms with van der Waals surface area (Å²) in [6.45, 7) is 1.81. The lowest BCUT2D eigenvalue weighted by atomic mass is 10.2. The smallest absolute Gasteiger partial charge is 0.240 e. The molecule has 0 saturated carbocycles. The standard InChI is InChI=1S/C14H13ClN4O3S/c1-8-6-17-14(18-13(8)22-2)19-7-12(23(16,20)21)10-4-3-9(15)5-11(10)19/h3-7H,1-2H3,(H2,16,20,21). The fraction of sp³-hybridized carbons (Fsp3) is 0.143. The van der Waals surface area contributed by atoms with E-state index in [1.54, 1.807) is 24.4 Å². The Morgan fingerprint density at radius 2 is 2.09 bits per heavy atom. The summed E-state index contributed by atoms with van der Waals surface area (Å²) in [7, 11) is -2.40. The van der Waals surface area contributed by atoms with Crippen molar-refractivity contribution in [2.45, 2.75) is 11.8 Å². The van der Waals surface area contributed by atoms with E-state index in [1.807, 2.05) is 6.92 Å². The highest BCUT2D eigenvalue weighted by Crippen LogP contribution is 2.29. The van der Waals surface area contributed by atoms with Crippen LogP contribution >= 0.6 is 11.6 Å². The molecule has 9 heteroatoms. The SMILES string of the molecule is COc1nc(-n2cc(S(N)(=O)=O)c3ccc(Cl)cc32)ncc1C. The number of nitrogens with two attached hydrogens (primary N) is 1. The highest BCUT2D eigenvalue weighted by Gasteiger charge is 2.20. The quantitative estimate of drug-likeness (QED) is 0.777. The van der Waals surface area contributed by atoms with Crippen molar-refractivity contribution >= 4 is 32.5 Å². The van der Waals surface area contributed by atoms with Crippen LogP contribution in [0, 0.1) is 6.92 Å². The van der Waals surface area contributed by atoms with Crippen LogP contribution in [0.3, 0.4) is 0 Å². The number of halogens is 1. The first-order valence-corrected chi connectivity index (χ1v) is 8.45. The lowest BCUT2D eigenvalue weighted by molar-refractivity contribution is 0.392. The van der Waals surface area contributed by atoms with Crippen molar-refractivity contribution in [1.82, 2.24) is 14.5 Å². The molecule has 3 aromatic rings. The molecule has 0 atom stereocenters. The van der Waals surface area contributed by atoms with Gasteiger partial charge >= 0.3 is 0 Å². The van der Waals surface area contributed by atoms with Crippen LogP contribution < -0.4 is 9.88 Å². The van der Waals surface area contributed by atoms with Gasteiger partial charge in [-0.3, -0.25) is 4.57 Å². The number of fused-ring (bicyclic) bond motifs is 1. The summed E-state index contributed by atoms with van der Waals surface area (Å²) in [5.41, 5.74) is 1.30. The van der Waals surface area contributed by atoms with E-state index in [0.717, 1.165) is 5.56 Å². The zero-order valence-electron chi connectivity index (χ0n) is 12.3. The summed E-state index contributed by atoms with van der Waals surface area (Å²) < 4.78 is 30.3. The van der Waals surface area contributed by atoms with Crippen molar-refractivity contribution < 1.29 is 13.2 Å². The largest absolute Gasteiger partial charge is 0.481 e. The molecular weight excluding hydrogens is 340 g/mol. The van der Waals surface area contributed by atoms with Gasteiger partial charge in [-0.25, -0.2) is 18.5 Å². The topological polar surface area (TPSA) is 100 Å². The highest BCUT2D eigenvalue weighted by molar-refractivity contribution is 7.89. The van der Waals surface area contributed by atoms with Crippen molar-refractivity contribution in [3.63, 3.8) is 0 Å². The van der Waals surface area contributed by atoms with Crippen LogP contribution in [0.25, 0.3) is 16.9 Å². The molecule has 23 heavy (non-hydrogen) atoms. The molecule has 1 aromatic carbocycles. The fourth-order valence-corrected chi connectivity index (χ4v) is 3.20. The number of hydrogen-bond acceptors (Lipinski definition) is 5. The second kappa shape index (κ2) is 5.48. The van der Waals surface area contributed by atoms with E-state index >= 15 is 0 Å². The normalized spacial score (nSPS) is 11.8. The predicted molar refractivity (Wildman–Crippen MR) is 86.5 cm³/mol. The van der Waals surface area contributed by atoms with Crippen LogP contribution in [0.5, 0.6) is 5.88 Å². The zero-order valence-corrected chi connectivity index (χ0v) is 13.9. The Labute approximate surface area is 137 Å². The minimum atomic E-state index is -3.90. The molecule has 0 spiro atoms. The van der Waals surface area contributed by atoms with E-state index in [1.165, 1.54) is 17.9 Å². The zero-order chi connectivity index (χ0) is 16.8. The molecule has 0 saturated heterocycles.